The molecule has 0 radical (unpaired) electrons. The second kappa shape index (κ2) is 11.5. The molecule has 7 heteroatoms. The van der Waals surface area contributed by atoms with Crippen molar-refractivity contribution in [2.24, 2.45) is 5.41 Å². The summed E-state index contributed by atoms with van der Waals surface area (Å²) in [6.07, 6.45) is 3.02. The highest BCUT2D eigenvalue weighted by Crippen LogP contribution is 2.27. The highest BCUT2D eigenvalue weighted by Gasteiger charge is 2.27. The van der Waals surface area contributed by atoms with Crippen molar-refractivity contribution >= 4 is 23.5 Å². The molecule has 1 amide bonds. The molecule has 0 spiro atoms. The zero-order valence-electron chi connectivity index (χ0n) is 19.6. The summed E-state index contributed by atoms with van der Waals surface area (Å²) in [5, 5.41) is 5.97. The van der Waals surface area contributed by atoms with Crippen LogP contribution in [0.3, 0.4) is 0 Å². The first-order valence-electron chi connectivity index (χ1n) is 10.8. The summed E-state index contributed by atoms with van der Waals surface area (Å²) < 4.78 is 0. The van der Waals surface area contributed by atoms with Crippen LogP contribution in [0.5, 0.6) is 0 Å². The topological polar surface area (TPSA) is 74.3 Å². The molecule has 1 aliphatic heterocycles. The fourth-order valence-corrected chi connectivity index (χ4v) is 4.42. The Hall–Kier alpha value is -2.09. The molecule has 170 valence electrons. The van der Waals surface area contributed by atoms with Gasteiger partial charge in [-0.05, 0) is 56.9 Å². The van der Waals surface area contributed by atoms with Crippen LogP contribution >= 0.6 is 11.3 Å². The van der Waals surface area contributed by atoms with Gasteiger partial charge in [0, 0.05) is 6.54 Å². The average Bonchev–Trinajstić information content (AvgIpc) is 3.35. The minimum atomic E-state index is -0.0301. The molecule has 0 aliphatic carbocycles. The molecule has 1 aromatic heterocycles. The van der Waals surface area contributed by atoms with E-state index in [-0.39, 0.29) is 23.4 Å². The molecule has 2 aromatic rings. The average molecular weight is 445 g/mol. The van der Waals surface area contributed by atoms with E-state index >= 15 is 0 Å². The van der Waals surface area contributed by atoms with E-state index < -0.39 is 0 Å². The van der Waals surface area contributed by atoms with Gasteiger partial charge in [0.25, 0.3) is 0 Å². The van der Waals surface area contributed by atoms with Gasteiger partial charge in [0.1, 0.15) is 6.29 Å². The summed E-state index contributed by atoms with van der Waals surface area (Å²) in [5.41, 5.74) is 5.29. The van der Waals surface area contributed by atoms with Crippen LogP contribution in [0.25, 0.3) is 10.4 Å². The van der Waals surface area contributed by atoms with Gasteiger partial charge in [-0.1, -0.05) is 45.0 Å². The van der Waals surface area contributed by atoms with E-state index in [0.717, 1.165) is 36.9 Å². The van der Waals surface area contributed by atoms with Crippen LogP contribution in [-0.2, 0) is 16.1 Å². The largest absolute Gasteiger partial charge is 0.351 e. The molecule has 31 heavy (non-hydrogen) atoms. The molecular weight excluding hydrogens is 408 g/mol. The predicted molar refractivity (Wildman–Crippen MR) is 128 cm³/mol. The third-order valence-electron chi connectivity index (χ3n) is 5.63. The Morgan fingerprint density at radius 1 is 1.32 bits per heavy atom. The molecule has 0 bridgehead atoms. The highest BCUT2D eigenvalue weighted by molar-refractivity contribution is 7.13. The number of likely N-dealkylation sites (tertiary alicyclic amines) is 1. The zero-order valence-corrected chi connectivity index (χ0v) is 20.4. The normalized spacial score (nSPS) is 17.5. The number of hydrogen-bond acceptors (Lipinski definition) is 6. The van der Waals surface area contributed by atoms with Gasteiger partial charge in [-0.15, -0.1) is 11.3 Å². The van der Waals surface area contributed by atoms with E-state index in [9.17, 15) is 9.59 Å². The molecule has 3 rings (SSSR count). The van der Waals surface area contributed by atoms with Gasteiger partial charge in [0.2, 0.25) is 5.91 Å². The molecule has 1 aromatic carbocycles. The van der Waals surface area contributed by atoms with Crippen molar-refractivity contribution in [3.8, 4) is 10.4 Å². The second-order valence-electron chi connectivity index (χ2n) is 9.09. The van der Waals surface area contributed by atoms with Crippen LogP contribution < -0.4 is 10.6 Å². The lowest BCUT2D eigenvalue weighted by Gasteiger charge is -2.24. The van der Waals surface area contributed by atoms with E-state index in [1.165, 1.54) is 10.4 Å². The predicted octanol–water partition coefficient (Wildman–Crippen LogP) is 3.65. The Bertz CT molecular complexity index is 842. The molecule has 2 atom stereocenters. The van der Waals surface area contributed by atoms with Crippen molar-refractivity contribution in [2.45, 2.75) is 59.2 Å². The lowest BCUT2D eigenvalue weighted by Crippen LogP contribution is -2.41. The number of carbonyl (C=O) groups excluding carboxylic acids is 2. The van der Waals surface area contributed by atoms with Gasteiger partial charge in [-0.2, -0.15) is 0 Å². The van der Waals surface area contributed by atoms with Gasteiger partial charge in [-0.3, -0.25) is 9.69 Å². The molecule has 0 saturated carbocycles. The van der Waals surface area contributed by atoms with Crippen molar-refractivity contribution in [1.29, 1.82) is 0 Å². The number of hydrogen-bond donors (Lipinski definition) is 2. The summed E-state index contributed by atoms with van der Waals surface area (Å²) in [5.74, 6) is 0.141. The number of amides is 1. The Morgan fingerprint density at radius 3 is 2.42 bits per heavy atom. The first-order valence-corrected chi connectivity index (χ1v) is 11.6. The summed E-state index contributed by atoms with van der Waals surface area (Å²) in [4.78, 5) is 30.1. The maximum absolute atomic E-state index is 12.2. The number of nitrogens with one attached hydrogen (secondary N) is 2. The summed E-state index contributed by atoms with van der Waals surface area (Å²) in [7, 11) is 3.81. The molecule has 2 heterocycles. The first kappa shape index (κ1) is 25.2. The van der Waals surface area contributed by atoms with Gasteiger partial charge < -0.3 is 15.4 Å². The van der Waals surface area contributed by atoms with Crippen molar-refractivity contribution in [3.05, 3.63) is 41.0 Å². The summed E-state index contributed by atoms with van der Waals surface area (Å²) in [6, 6.07) is 8.37. The van der Waals surface area contributed by atoms with E-state index in [1.54, 1.807) is 18.4 Å². The zero-order chi connectivity index (χ0) is 23.0. The van der Waals surface area contributed by atoms with Crippen LogP contribution in [0.15, 0.2) is 29.8 Å². The molecule has 1 aliphatic rings. The number of thiazole rings is 1. The maximum Gasteiger partial charge on any atom is 0.237 e. The Kier molecular flexibility index (Phi) is 9.34. The van der Waals surface area contributed by atoms with E-state index in [0.29, 0.717) is 6.54 Å². The quantitative estimate of drug-likeness (QED) is 0.666. The minimum Gasteiger partial charge on any atom is -0.351 e. The molecule has 6 nitrogen and oxygen atoms in total. The number of aromatic nitrogens is 1. The Labute approximate surface area is 190 Å². The fraction of sp³-hybridized carbons (Fsp3) is 0.542. The smallest absolute Gasteiger partial charge is 0.237 e. The molecule has 2 N–H and O–H groups in total. The minimum absolute atomic E-state index is 0.0301. The monoisotopic (exact) mass is 444 g/mol. The van der Waals surface area contributed by atoms with Gasteiger partial charge in [-0.25, -0.2) is 4.98 Å². The maximum atomic E-state index is 12.2. The van der Waals surface area contributed by atoms with E-state index in [1.807, 2.05) is 40.3 Å². The molecule has 2 unspecified atom stereocenters. The van der Waals surface area contributed by atoms with Crippen LogP contribution in [0.1, 0.15) is 44.9 Å². The van der Waals surface area contributed by atoms with Crippen molar-refractivity contribution in [2.75, 3.05) is 20.6 Å². The number of benzene rings is 1. The van der Waals surface area contributed by atoms with Crippen molar-refractivity contribution in [1.82, 2.24) is 20.5 Å². The third-order valence-corrected chi connectivity index (χ3v) is 6.61. The van der Waals surface area contributed by atoms with Crippen LogP contribution in [-0.4, -0.2) is 54.8 Å². The molecule has 1 saturated heterocycles. The number of aryl methyl sites for hydroxylation is 1. The van der Waals surface area contributed by atoms with Crippen LogP contribution in [0, 0.1) is 12.3 Å². The van der Waals surface area contributed by atoms with Crippen molar-refractivity contribution < 1.29 is 9.59 Å². The lowest BCUT2D eigenvalue weighted by molar-refractivity contribution is -0.125. The summed E-state index contributed by atoms with van der Waals surface area (Å²) in [6.45, 7) is 9.72. The third kappa shape index (κ3) is 7.23. The van der Waals surface area contributed by atoms with E-state index in [2.05, 4.69) is 44.8 Å². The van der Waals surface area contributed by atoms with Crippen LogP contribution in [0.2, 0.25) is 0 Å². The number of rotatable bonds is 6. The van der Waals surface area contributed by atoms with Gasteiger partial charge in [0.05, 0.1) is 28.2 Å². The SMILES string of the molecule is CNC(C=O)C(C)(C)C.Cc1ncsc1-c1ccc(CNC(=O)C2CCCN2C)cc1. The number of nitrogens with zero attached hydrogens (tertiary/aromatic N) is 2. The van der Waals surface area contributed by atoms with E-state index in [4.69, 9.17) is 0 Å². The highest BCUT2D eigenvalue weighted by atomic mass is 32.1. The lowest BCUT2D eigenvalue weighted by atomic mass is 9.88. The number of likely N-dealkylation sites (N-methyl/N-ethyl adjacent to an activating group) is 2. The first-order chi connectivity index (χ1) is 14.7. The summed E-state index contributed by atoms with van der Waals surface area (Å²) >= 11 is 1.66. The standard InChI is InChI=1S/C17H21N3OS.C7H15NO/c1-12-16(22-11-19-12)14-7-5-13(6-8-14)10-18-17(21)15-4-3-9-20(15)2;1-7(2,3)6(5-9)8-4/h5-8,11,15H,3-4,9-10H2,1-2H3,(H,18,21);5-6,8H,1-4H3. The van der Waals surface area contributed by atoms with Gasteiger partial charge in [0.15, 0.2) is 0 Å². The van der Waals surface area contributed by atoms with Crippen molar-refractivity contribution in [3.63, 3.8) is 0 Å². The number of aldehydes is 1. The van der Waals surface area contributed by atoms with Gasteiger partial charge >= 0.3 is 0 Å². The Balaban J connectivity index is 0.000000323. The second-order valence-corrected chi connectivity index (χ2v) is 9.94. The van der Waals surface area contributed by atoms with Crippen LogP contribution in [0.4, 0.5) is 0 Å². The molecule has 1 fully saturated rings. The Morgan fingerprint density at radius 2 is 2.00 bits per heavy atom. The fourth-order valence-electron chi connectivity index (χ4n) is 3.61. The number of carbonyl (C=O) groups is 2. The molecular formula is C24H36N4O2S.